The SMILES string of the molecule is CCCCNC(=O)CN1CC[C@@H](C(=O)O)C1. The summed E-state index contributed by atoms with van der Waals surface area (Å²) < 4.78 is 0. The number of nitrogens with one attached hydrogen (secondary N) is 1. The maximum atomic E-state index is 11.5. The third-order valence-electron chi connectivity index (χ3n) is 2.84. The van der Waals surface area contributed by atoms with Crippen LogP contribution in [-0.2, 0) is 9.59 Å². The van der Waals surface area contributed by atoms with E-state index < -0.39 is 5.97 Å². The fourth-order valence-electron chi connectivity index (χ4n) is 1.84. The van der Waals surface area contributed by atoms with Crippen molar-refractivity contribution in [1.29, 1.82) is 0 Å². The average Bonchev–Trinajstić information content (AvgIpc) is 2.66. The van der Waals surface area contributed by atoms with E-state index in [1.165, 1.54) is 0 Å². The van der Waals surface area contributed by atoms with Gasteiger partial charge in [0, 0.05) is 13.1 Å². The standard InChI is InChI=1S/C11H20N2O3/c1-2-3-5-12-10(14)8-13-6-4-9(7-13)11(15)16/h9H,2-8H2,1H3,(H,12,14)(H,15,16)/t9-/m1/s1. The Morgan fingerprint density at radius 2 is 2.25 bits per heavy atom. The summed E-state index contributed by atoms with van der Waals surface area (Å²) in [7, 11) is 0. The van der Waals surface area contributed by atoms with Crippen LogP contribution in [-0.4, -0.2) is 48.1 Å². The zero-order valence-electron chi connectivity index (χ0n) is 9.74. The minimum atomic E-state index is -0.756. The van der Waals surface area contributed by atoms with Gasteiger partial charge in [-0.15, -0.1) is 0 Å². The highest BCUT2D eigenvalue weighted by molar-refractivity contribution is 5.78. The molecule has 0 aromatic heterocycles. The van der Waals surface area contributed by atoms with Crippen LogP contribution in [0.4, 0.5) is 0 Å². The van der Waals surface area contributed by atoms with Crippen molar-refractivity contribution in [2.24, 2.45) is 5.92 Å². The normalized spacial score (nSPS) is 20.9. The van der Waals surface area contributed by atoms with Gasteiger partial charge in [0.05, 0.1) is 12.5 Å². The minimum Gasteiger partial charge on any atom is -0.481 e. The molecule has 1 saturated heterocycles. The molecule has 0 unspecified atom stereocenters. The first-order valence-electron chi connectivity index (χ1n) is 5.85. The Morgan fingerprint density at radius 3 is 2.81 bits per heavy atom. The number of hydrogen-bond acceptors (Lipinski definition) is 3. The van der Waals surface area contributed by atoms with Crippen molar-refractivity contribution < 1.29 is 14.7 Å². The average molecular weight is 228 g/mol. The summed E-state index contributed by atoms with van der Waals surface area (Å²) in [4.78, 5) is 24.1. The molecule has 0 saturated carbocycles. The van der Waals surface area contributed by atoms with Gasteiger partial charge in [-0.25, -0.2) is 0 Å². The smallest absolute Gasteiger partial charge is 0.307 e. The van der Waals surface area contributed by atoms with Gasteiger partial charge in [-0.2, -0.15) is 0 Å². The van der Waals surface area contributed by atoms with E-state index in [9.17, 15) is 9.59 Å². The molecule has 16 heavy (non-hydrogen) atoms. The molecule has 0 aromatic rings. The molecule has 0 aliphatic carbocycles. The molecule has 0 aromatic carbocycles. The minimum absolute atomic E-state index is 0.000473. The van der Waals surface area contributed by atoms with Crippen molar-refractivity contribution in [3.63, 3.8) is 0 Å². The van der Waals surface area contributed by atoms with Crippen LogP contribution in [0.3, 0.4) is 0 Å². The third-order valence-corrected chi connectivity index (χ3v) is 2.84. The Bertz CT molecular complexity index is 256. The number of carbonyl (C=O) groups is 2. The van der Waals surface area contributed by atoms with Gasteiger partial charge in [-0.05, 0) is 19.4 Å². The Hall–Kier alpha value is -1.10. The van der Waals surface area contributed by atoms with Crippen molar-refractivity contribution in [3.8, 4) is 0 Å². The van der Waals surface area contributed by atoms with Gasteiger partial charge < -0.3 is 10.4 Å². The summed E-state index contributed by atoms with van der Waals surface area (Å²) in [6, 6.07) is 0. The second kappa shape index (κ2) is 6.48. The van der Waals surface area contributed by atoms with E-state index in [1.54, 1.807) is 0 Å². The second-order valence-electron chi connectivity index (χ2n) is 4.26. The van der Waals surface area contributed by atoms with E-state index in [-0.39, 0.29) is 11.8 Å². The van der Waals surface area contributed by atoms with Crippen molar-refractivity contribution in [3.05, 3.63) is 0 Å². The summed E-state index contributed by atoms with van der Waals surface area (Å²) in [6.45, 7) is 4.32. The molecule has 5 heteroatoms. The number of unbranched alkanes of at least 4 members (excludes halogenated alkanes) is 1. The number of amides is 1. The second-order valence-corrected chi connectivity index (χ2v) is 4.26. The van der Waals surface area contributed by atoms with Gasteiger partial charge in [0.15, 0.2) is 0 Å². The van der Waals surface area contributed by atoms with Gasteiger partial charge in [0.2, 0.25) is 5.91 Å². The van der Waals surface area contributed by atoms with Crippen molar-refractivity contribution >= 4 is 11.9 Å². The maximum absolute atomic E-state index is 11.5. The third kappa shape index (κ3) is 4.18. The highest BCUT2D eigenvalue weighted by Gasteiger charge is 2.28. The molecule has 0 spiro atoms. The Kier molecular flexibility index (Phi) is 5.25. The lowest BCUT2D eigenvalue weighted by Crippen LogP contribution is -2.36. The van der Waals surface area contributed by atoms with Crippen LogP contribution in [0.25, 0.3) is 0 Å². The summed E-state index contributed by atoms with van der Waals surface area (Å²) in [5.41, 5.74) is 0. The first-order chi connectivity index (χ1) is 7.63. The molecule has 1 fully saturated rings. The molecular weight excluding hydrogens is 208 g/mol. The lowest BCUT2D eigenvalue weighted by molar-refractivity contribution is -0.141. The number of hydrogen-bond donors (Lipinski definition) is 2. The van der Waals surface area contributed by atoms with Gasteiger partial charge >= 0.3 is 5.97 Å². The fourth-order valence-corrected chi connectivity index (χ4v) is 1.84. The predicted molar refractivity (Wildman–Crippen MR) is 60.1 cm³/mol. The first kappa shape index (κ1) is 13.0. The lowest BCUT2D eigenvalue weighted by atomic mass is 10.1. The summed E-state index contributed by atoms with van der Waals surface area (Å²) in [6.07, 6.45) is 2.70. The molecule has 1 heterocycles. The van der Waals surface area contributed by atoms with Crippen LogP contribution < -0.4 is 5.32 Å². The largest absolute Gasteiger partial charge is 0.481 e. The monoisotopic (exact) mass is 228 g/mol. The number of carbonyl (C=O) groups excluding carboxylic acids is 1. The van der Waals surface area contributed by atoms with Crippen molar-refractivity contribution in [2.45, 2.75) is 26.2 Å². The van der Waals surface area contributed by atoms with E-state index in [0.29, 0.717) is 32.6 Å². The number of carboxylic acid groups (broad SMARTS) is 1. The van der Waals surface area contributed by atoms with Gasteiger partial charge in [0.25, 0.3) is 0 Å². The van der Waals surface area contributed by atoms with Crippen LogP contribution in [0.2, 0.25) is 0 Å². The highest BCUT2D eigenvalue weighted by Crippen LogP contribution is 2.15. The molecule has 1 aliphatic rings. The van der Waals surface area contributed by atoms with E-state index >= 15 is 0 Å². The highest BCUT2D eigenvalue weighted by atomic mass is 16.4. The molecule has 1 aliphatic heterocycles. The fraction of sp³-hybridized carbons (Fsp3) is 0.818. The van der Waals surface area contributed by atoms with E-state index in [1.807, 2.05) is 4.90 Å². The lowest BCUT2D eigenvalue weighted by Gasteiger charge is -2.14. The van der Waals surface area contributed by atoms with E-state index in [4.69, 9.17) is 5.11 Å². The zero-order chi connectivity index (χ0) is 12.0. The molecule has 0 radical (unpaired) electrons. The van der Waals surface area contributed by atoms with Crippen LogP contribution in [0.5, 0.6) is 0 Å². The maximum Gasteiger partial charge on any atom is 0.307 e. The number of nitrogens with zero attached hydrogens (tertiary/aromatic N) is 1. The van der Waals surface area contributed by atoms with E-state index in [2.05, 4.69) is 12.2 Å². The molecule has 0 bridgehead atoms. The molecule has 1 amide bonds. The first-order valence-corrected chi connectivity index (χ1v) is 5.85. The Labute approximate surface area is 95.8 Å². The van der Waals surface area contributed by atoms with Crippen LogP contribution in [0.1, 0.15) is 26.2 Å². The van der Waals surface area contributed by atoms with Crippen LogP contribution >= 0.6 is 0 Å². The zero-order valence-corrected chi connectivity index (χ0v) is 9.74. The quantitative estimate of drug-likeness (QED) is 0.642. The molecule has 2 N–H and O–H groups in total. The topological polar surface area (TPSA) is 69.6 Å². The molecule has 5 nitrogen and oxygen atoms in total. The predicted octanol–water partition coefficient (Wildman–Crippen LogP) is 0.309. The summed E-state index contributed by atoms with van der Waals surface area (Å²) in [5.74, 6) is -1.06. The van der Waals surface area contributed by atoms with Crippen molar-refractivity contribution in [2.75, 3.05) is 26.2 Å². The van der Waals surface area contributed by atoms with Crippen LogP contribution in [0, 0.1) is 5.92 Å². The van der Waals surface area contributed by atoms with E-state index in [0.717, 1.165) is 12.8 Å². The van der Waals surface area contributed by atoms with Gasteiger partial charge in [0.1, 0.15) is 0 Å². The molecular formula is C11H20N2O3. The number of carboxylic acids is 1. The number of aliphatic carboxylic acids is 1. The summed E-state index contributed by atoms with van der Waals surface area (Å²) in [5, 5.41) is 11.6. The summed E-state index contributed by atoms with van der Waals surface area (Å²) >= 11 is 0. The van der Waals surface area contributed by atoms with Gasteiger partial charge in [-0.3, -0.25) is 14.5 Å². The Balaban J connectivity index is 2.18. The number of likely N-dealkylation sites (tertiary alicyclic amines) is 1. The Morgan fingerprint density at radius 1 is 1.50 bits per heavy atom. The number of rotatable bonds is 6. The van der Waals surface area contributed by atoms with Gasteiger partial charge in [-0.1, -0.05) is 13.3 Å². The van der Waals surface area contributed by atoms with Crippen LogP contribution in [0.15, 0.2) is 0 Å². The van der Waals surface area contributed by atoms with Crippen molar-refractivity contribution in [1.82, 2.24) is 10.2 Å². The molecule has 92 valence electrons. The molecule has 1 rings (SSSR count). The molecule has 1 atom stereocenters.